The third-order valence-electron chi connectivity index (χ3n) is 2.71. The third-order valence-corrected chi connectivity index (χ3v) is 3.84. The lowest BCUT2D eigenvalue weighted by Crippen LogP contribution is -2.04. The van der Waals surface area contributed by atoms with Crippen molar-refractivity contribution in [3.63, 3.8) is 0 Å². The van der Waals surface area contributed by atoms with Crippen molar-refractivity contribution < 1.29 is 18.3 Å². The van der Waals surface area contributed by atoms with Crippen molar-refractivity contribution in [2.75, 3.05) is 17.3 Å². The Morgan fingerprint density at radius 2 is 1.90 bits per heavy atom. The molecule has 0 unspecified atom stereocenters. The second-order valence-electron chi connectivity index (χ2n) is 4.39. The number of sulfone groups is 1. The first kappa shape index (κ1) is 14.8. The number of benzene rings is 1. The largest absolute Gasteiger partial charge is 0.478 e. The summed E-state index contributed by atoms with van der Waals surface area (Å²) in [6.45, 7) is 0. The molecule has 0 radical (unpaired) electrons. The van der Waals surface area contributed by atoms with E-state index in [1.807, 2.05) is 0 Å². The van der Waals surface area contributed by atoms with Crippen molar-refractivity contribution in [2.24, 2.45) is 0 Å². The number of aromatic carboxylic acids is 1. The summed E-state index contributed by atoms with van der Waals surface area (Å²) in [7, 11) is -3.25. The van der Waals surface area contributed by atoms with Gasteiger partial charge in [-0.2, -0.15) is 0 Å². The van der Waals surface area contributed by atoms with Gasteiger partial charge < -0.3 is 16.2 Å². The van der Waals surface area contributed by atoms with Crippen LogP contribution in [0, 0.1) is 0 Å². The minimum absolute atomic E-state index is 0.00882. The topological polar surface area (TPSA) is 122 Å². The summed E-state index contributed by atoms with van der Waals surface area (Å²) in [6, 6.07) is 7.35. The molecule has 0 saturated heterocycles. The number of hydrogen-bond acceptors (Lipinski definition) is 6. The number of nitrogens with two attached hydrogens (primary N) is 1. The van der Waals surface area contributed by atoms with Crippen LogP contribution in [0.5, 0.6) is 0 Å². The summed E-state index contributed by atoms with van der Waals surface area (Å²) in [5.74, 6) is -0.814. The Kier molecular flexibility index (Phi) is 3.81. The van der Waals surface area contributed by atoms with E-state index in [1.54, 1.807) is 12.1 Å². The van der Waals surface area contributed by atoms with Gasteiger partial charge in [-0.15, -0.1) is 0 Å². The standard InChI is InChI=1S/C13H13N3O4S/c1-21(19,20)10-4-2-9(3-5-10)16-12-11(14)6-8(7-15-12)13(17)18/h2-7H,14H2,1H3,(H,15,16)(H,17,18). The monoisotopic (exact) mass is 307 g/mol. The molecule has 0 atom stereocenters. The van der Waals surface area contributed by atoms with Gasteiger partial charge in [0.2, 0.25) is 0 Å². The first-order chi connectivity index (χ1) is 9.77. The molecule has 21 heavy (non-hydrogen) atoms. The highest BCUT2D eigenvalue weighted by Crippen LogP contribution is 2.22. The van der Waals surface area contributed by atoms with Gasteiger partial charge in [-0.1, -0.05) is 0 Å². The fraction of sp³-hybridized carbons (Fsp3) is 0.0769. The number of nitrogen functional groups attached to an aromatic ring is 1. The zero-order valence-corrected chi connectivity index (χ0v) is 11.9. The van der Waals surface area contributed by atoms with Crippen molar-refractivity contribution in [3.05, 3.63) is 42.1 Å². The number of carboxylic acid groups (broad SMARTS) is 1. The number of pyridine rings is 1. The predicted octanol–water partition coefficient (Wildman–Crippen LogP) is 1.51. The summed E-state index contributed by atoms with van der Waals surface area (Å²) in [5.41, 5.74) is 6.48. The SMILES string of the molecule is CS(=O)(=O)c1ccc(Nc2ncc(C(=O)O)cc2N)cc1. The maximum atomic E-state index is 11.3. The van der Waals surface area contributed by atoms with E-state index >= 15 is 0 Å². The molecule has 0 saturated carbocycles. The Hall–Kier alpha value is -2.61. The van der Waals surface area contributed by atoms with E-state index in [4.69, 9.17) is 10.8 Å². The Labute approximate surface area is 121 Å². The van der Waals surface area contributed by atoms with Gasteiger partial charge in [0.25, 0.3) is 0 Å². The minimum Gasteiger partial charge on any atom is -0.478 e. The zero-order valence-electron chi connectivity index (χ0n) is 11.1. The molecular weight excluding hydrogens is 294 g/mol. The first-order valence-electron chi connectivity index (χ1n) is 5.83. The molecule has 2 aromatic rings. The van der Waals surface area contributed by atoms with Crippen molar-refractivity contribution in [1.82, 2.24) is 4.98 Å². The third kappa shape index (κ3) is 3.48. The molecule has 110 valence electrons. The highest BCUT2D eigenvalue weighted by molar-refractivity contribution is 7.90. The quantitative estimate of drug-likeness (QED) is 0.782. The van der Waals surface area contributed by atoms with E-state index in [-0.39, 0.29) is 16.1 Å². The molecule has 0 fully saturated rings. The molecule has 4 N–H and O–H groups in total. The van der Waals surface area contributed by atoms with Gasteiger partial charge in [-0.25, -0.2) is 18.2 Å². The smallest absolute Gasteiger partial charge is 0.337 e. The van der Waals surface area contributed by atoms with Crippen molar-refractivity contribution >= 4 is 33.0 Å². The number of nitrogens with one attached hydrogen (secondary N) is 1. The number of aromatic nitrogens is 1. The van der Waals surface area contributed by atoms with Crippen molar-refractivity contribution in [3.8, 4) is 0 Å². The number of carbonyl (C=O) groups is 1. The van der Waals surface area contributed by atoms with Crippen LogP contribution < -0.4 is 11.1 Å². The van der Waals surface area contributed by atoms with Crippen LogP contribution in [-0.2, 0) is 9.84 Å². The number of carboxylic acids is 1. The number of hydrogen-bond donors (Lipinski definition) is 3. The lowest BCUT2D eigenvalue weighted by molar-refractivity contribution is 0.0696. The van der Waals surface area contributed by atoms with Crippen LogP contribution >= 0.6 is 0 Å². The molecular formula is C13H13N3O4S. The van der Waals surface area contributed by atoms with Gasteiger partial charge in [0.05, 0.1) is 16.1 Å². The summed E-state index contributed by atoms with van der Waals surface area (Å²) in [6.07, 6.45) is 2.31. The van der Waals surface area contributed by atoms with Gasteiger partial charge in [-0.05, 0) is 30.3 Å². The molecule has 2 rings (SSSR count). The van der Waals surface area contributed by atoms with Crippen molar-refractivity contribution in [2.45, 2.75) is 4.90 Å². The van der Waals surface area contributed by atoms with Crippen LogP contribution in [0.4, 0.5) is 17.2 Å². The highest BCUT2D eigenvalue weighted by Gasteiger charge is 2.09. The van der Waals surface area contributed by atoms with Gasteiger partial charge in [0, 0.05) is 18.1 Å². The van der Waals surface area contributed by atoms with E-state index in [9.17, 15) is 13.2 Å². The maximum absolute atomic E-state index is 11.3. The summed E-state index contributed by atoms with van der Waals surface area (Å²) in [5, 5.41) is 11.7. The van der Waals surface area contributed by atoms with E-state index in [1.165, 1.54) is 24.4 Å². The summed E-state index contributed by atoms with van der Waals surface area (Å²) < 4.78 is 22.7. The normalized spacial score (nSPS) is 11.1. The second kappa shape index (κ2) is 5.41. The highest BCUT2D eigenvalue weighted by atomic mass is 32.2. The van der Waals surface area contributed by atoms with Crippen LogP contribution in [0.1, 0.15) is 10.4 Å². The van der Waals surface area contributed by atoms with Crippen LogP contribution in [0.15, 0.2) is 41.4 Å². The van der Waals surface area contributed by atoms with E-state index in [0.29, 0.717) is 11.5 Å². The number of nitrogens with zero attached hydrogens (tertiary/aromatic N) is 1. The lowest BCUT2D eigenvalue weighted by atomic mass is 10.2. The summed E-state index contributed by atoms with van der Waals surface area (Å²) in [4.78, 5) is 14.9. The molecule has 1 aromatic heterocycles. The number of anilines is 3. The first-order valence-corrected chi connectivity index (χ1v) is 7.72. The molecule has 0 spiro atoms. The predicted molar refractivity (Wildman–Crippen MR) is 78.4 cm³/mol. The molecule has 0 bridgehead atoms. The minimum atomic E-state index is -3.25. The molecule has 1 aromatic carbocycles. The molecule has 0 aliphatic heterocycles. The molecule has 0 aliphatic carbocycles. The van der Waals surface area contributed by atoms with Gasteiger partial charge in [0.15, 0.2) is 15.7 Å². The average Bonchev–Trinajstić information content (AvgIpc) is 2.40. The number of rotatable bonds is 4. The fourth-order valence-corrected chi connectivity index (χ4v) is 2.26. The average molecular weight is 307 g/mol. The van der Waals surface area contributed by atoms with E-state index in [0.717, 1.165) is 6.26 Å². The molecule has 1 heterocycles. The van der Waals surface area contributed by atoms with Gasteiger partial charge >= 0.3 is 5.97 Å². The maximum Gasteiger partial charge on any atom is 0.337 e. The Morgan fingerprint density at radius 3 is 2.38 bits per heavy atom. The molecule has 7 nitrogen and oxygen atoms in total. The Bertz CT molecular complexity index is 786. The molecule has 8 heteroatoms. The Balaban J connectivity index is 2.24. The van der Waals surface area contributed by atoms with Gasteiger partial charge in [0.1, 0.15) is 0 Å². The van der Waals surface area contributed by atoms with E-state index < -0.39 is 15.8 Å². The summed E-state index contributed by atoms with van der Waals surface area (Å²) >= 11 is 0. The van der Waals surface area contributed by atoms with Gasteiger partial charge in [-0.3, -0.25) is 0 Å². The molecule has 0 amide bonds. The lowest BCUT2D eigenvalue weighted by Gasteiger charge is -2.09. The van der Waals surface area contributed by atoms with Crippen LogP contribution in [0.2, 0.25) is 0 Å². The van der Waals surface area contributed by atoms with Crippen LogP contribution in [-0.4, -0.2) is 30.7 Å². The van der Waals surface area contributed by atoms with Crippen molar-refractivity contribution in [1.29, 1.82) is 0 Å². The van der Waals surface area contributed by atoms with E-state index in [2.05, 4.69) is 10.3 Å². The Morgan fingerprint density at radius 1 is 1.29 bits per heavy atom. The molecule has 0 aliphatic rings. The fourth-order valence-electron chi connectivity index (χ4n) is 1.63. The second-order valence-corrected chi connectivity index (χ2v) is 6.40. The van der Waals surface area contributed by atoms with Crippen LogP contribution in [0.3, 0.4) is 0 Å². The van der Waals surface area contributed by atoms with Crippen LogP contribution in [0.25, 0.3) is 0 Å². The zero-order chi connectivity index (χ0) is 15.6.